The lowest BCUT2D eigenvalue weighted by atomic mass is 9.71. The molecule has 0 amide bonds. The Labute approximate surface area is 237 Å². The molecule has 222 valence electrons. The predicted octanol–water partition coefficient (Wildman–Crippen LogP) is 9.82. The van der Waals surface area contributed by atoms with E-state index in [0.29, 0.717) is 13.0 Å². The quantitative estimate of drug-likeness (QED) is 0.280. The first-order valence-electron chi connectivity index (χ1n) is 14.3. The molecule has 0 spiro atoms. The zero-order valence-corrected chi connectivity index (χ0v) is 27.7. The van der Waals surface area contributed by atoms with Crippen molar-refractivity contribution >= 4 is 11.6 Å². The van der Waals surface area contributed by atoms with Crippen molar-refractivity contribution in [1.29, 1.82) is 0 Å². The summed E-state index contributed by atoms with van der Waals surface area (Å²) < 4.78 is 12.5. The van der Waals surface area contributed by atoms with Gasteiger partial charge in [0.2, 0.25) is 0 Å². The Kier molecular flexibility index (Phi) is 19.8. The van der Waals surface area contributed by atoms with Crippen LogP contribution in [0.1, 0.15) is 128 Å². The first kappa shape index (κ1) is 40.7. The number of carbonyl (C=O) groups excluding carboxylic acids is 2. The topological polar surface area (TPSA) is 52.6 Å². The van der Waals surface area contributed by atoms with Crippen LogP contribution in [0.2, 0.25) is 0 Å². The smallest absolute Gasteiger partial charge is 0.174 e. The van der Waals surface area contributed by atoms with E-state index in [4.69, 9.17) is 9.47 Å². The SMILES string of the molecule is C=C.CC.CC(CCOC(C)(C)C(C)(C)C(=O)C(OC(C)(C)C)c1ccccc1)C(=O)C(C)(C)C.CCC. The van der Waals surface area contributed by atoms with E-state index in [0.717, 1.165) is 5.56 Å². The molecule has 38 heavy (non-hydrogen) atoms. The van der Waals surface area contributed by atoms with Crippen molar-refractivity contribution in [2.45, 2.75) is 134 Å². The number of Topliss-reactive ketones (excluding diaryl/α,β-unsaturated/α-hetero) is 2. The van der Waals surface area contributed by atoms with E-state index in [1.54, 1.807) is 0 Å². The minimum absolute atomic E-state index is 0.0163. The molecule has 2 atom stereocenters. The van der Waals surface area contributed by atoms with Crippen molar-refractivity contribution < 1.29 is 19.1 Å². The number of hydrogen-bond acceptors (Lipinski definition) is 4. The number of ketones is 2. The maximum Gasteiger partial charge on any atom is 0.174 e. The summed E-state index contributed by atoms with van der Waals surface area (Å²) in [7, 11) is 0. The molecule has 1 rings (SSSR count). The summed E-state index contributed by atoms with van der Waals surface area (Å²) in [5, 5.41) is 0. The van der Waals surface area contributed by atoms with Crippen LogP contribution >= 0.6 is 0 Å². The van der Waals surface area contributed by atoms with E-state index in [1.165, 1.54) is 6.42 Å². The molecule has 0 N–H and O–H groups in total. The maximum absolute atomic E-state index is 13.8. The van der Waals surface area contributed by atoms with Gasteiger partial charge < -0.3 is 9.47 Å². The van der Waals surface area contributed by atoms with Crippen LogP contribution in [-0.2, 0) is 19.1 Å². The van der Waals surface area contributed by atoms with Gasteiger partial charge in [0, 0.05) is 17.9 Å². The lowest BCUT2D eigenvalue weighted by molar-refractivity contribution is -0.169. The second-order valence-corrected chi connectivity index (χ2v) is 12.4. The molecular formula is C34H62O4. The van der Waals surface area contributed by atoms with E-state index in [2.05, 4.69) is 27.0 Å². The van der Waals surface area contributed by atoms with E-state index < -0.39 is 22.7 Å². The Balaban J connectivity index is -0.00000159. The van der Waals surface area contributed by atoms with Gasteiger partial charge >= 0.3 is 0 Å². The highest BCUT2D eigenvalue weighted by Gasteiger charge is 2.48. The predicted molar refractivity (Wildman–Crippen MR) is 166 cm³/mol. The molecule has 0 aliphatic heterocycles. The molecular weight excluding hydrogens is 472 g/mol. The number of hydrogen-bond donors (Lipinski definition) is 0. The number of benzene rings is 1. The van der Waals surface area contributed by atoms with Crippen LogP contribution in [0.4, 0.5) is 0 Å². The molecule has 2 unspecified atom stereocenters. The third-order valence-electron chi connectivity index (χ3n) is 6.13. The van der Waals surface area contributed by atoms with Gasteiger partial charge in [-0.1, -0.05) is 106 Å². The molecule has 0 bridgehead atoms. The van der Waals surface area contributed by atoms with Crippen LogP contribution in [0.3, 0.4) is 0 Å². The summed E-state index contributed by atoms with van der Waals surface area (Å²) in [5.41, 5.74) is -1.54. The van der Waals surface area contributed by atoms with Gasteiger partial charge in [-0.05, 0) is 46.6 Å². The Hall–Kier alpha value is -1.78. The summed E-state index contributed by atoms with van der Waals surface area (Å²) in [5.74, 6) is 0.125. The highest BCUT2D eigenvalue weighted by Crippen LogP contribution is 2.41. The first-order valence-corrected chi connectivity index (χ1v) is 14.3. The molecule has 4 nitrogen and oxygen atoms in total. The Morgan fingerprint density at radius 3 is 1.61 bits per heavy atom. The minimum atomic E-state index is -0.809. The van der Waals surface area contributed by atoms with Crippen molar-refractivity contribution in [2.75, 3.05) is 6.61 Å². The van der Waals surface area contributed by atoms with Gasteiger partial charge in [-0.15, -0.1) is 13.2 Å². The highest BCUT2D eigenvalue weighted by molar-refractivity contribution is 5.90. The van der Waals surface area contributed by atoms with Gasteiger partial charge in [0.25, 0.3) is 0 Å². The maximum atomic E-state index is 13.8. The monoisotopic (exact) mass is 534 g/mol. The van der Waals surface area contributed by atoms with Gasteiger partial charge in [0.15, 0.2) is 5.78 Å². The van der Waals surface area contributed by atoms with Gasteiger partial charge in [-0.25, -0.2) is 0 Å². The molecule has 0 fully saturated rings. The van der Waals surface area contributed by atoms with Crippen molar-refractivity contribution in [3.05, 3.63) is 49.1 Å². The fraction of sp³-hybridized carbons (Fsp3) is 0.706. The van der Waals surface area contributed by atoms with Crippen LogP contribution < -0.4 is 0 Å². The highest BCUT2D eigenvalue weighted by atomic mass is 16.5. The van der Waals surface area contributed by atoms with Crippen LogP contribution in [0.25, 0.3) is 0 Å². The summed E-state index contributed by atoms with van der Waals surface area (Å²) in [4.78, 5) is 26.2. The van der Waals surface area contributed by atoms with Gasteiger partial charge in [-0.2, -0.15) is 0 Å². The molecule has 0 saturated heterocycles. The zero-order chi connectivity index (χ0) is 31.0. The van der Waals surface area contributed by atoms with E-state index in [-0.39, 0.29) is 22.9 Å². The normalized spacial score (nSPS) is 13.3. The van der Waals surface area contributed by atoms with Gasteiger partial charge in [-0.3, -0.25) is 9.59 Å². The lowest BCUT2D eigenvalue weighted by Crippen LogP contribution is -2.50. The van der Waals surface area contributed by atoms with Crippen LogP contribution in [-0.4, -0.2) is 29.4 Å². The molecule has 0 saturated carbocycles. The van der Waals surface area contributed by atoms with E-state index in [1.807, 2.05) is 120 Å². The molecule has 1 aromatic rings. The molecule has 0 aliphatic rings. The average Bonchev–Trinajstić information content (AvgIpc) is 2.83. The van der Waals surface area contributed by atoms with E-state index in [9.17, 15) is 9.59 Å². The average molecular weight is 535 g/mol. The molecule has 0 aliphatic carbocycles. The summed E-state index contributed by atoms with van der Waals surface area (Å²) >= 11 is 0. The Morgan fingerprint density at radius 2 is 1.24 bits per heavy atom. The zero-order valence-electron chi connectivity index (χ0n) is 27.7. The van der Waals surface area contributed by atoms with E-state index >= 15 is 0 Å². The molecule has 4 heteroatoms. The van der Waals surface area contributed by atoms with Crippen molar-refractivity contribution in [1.82, 2.24) is 0 Å². The second kappa shape index (κ2) is 18.5. The van der Waals surface area contributed by atoms with Crippen LogP contribution in [0, 0.1) is 16.7 Å². The van der Waals surface area contributed by atoms with Crippen molar-refractivity contribution in [3.63, 3.8) is 0 Å². The second-order valence-electron chi connectivity index (χ2n) is 12.4. The summed E-state index contributed by atoms with van der Waals surface area (Å²) in [6.45, 7) is 36.0. The number of rotatable bonds is 10. The van der Waals surface area contributed by atoms with Crippen molar-refractivity contribution in [2.24, 2.45) is 16.7 Å². The third-order valence-corrected chi connectivity index (χ3v) is 6.13. The fourth-order valence-corrected chi connectivity index (χ4v) is 3.42. The standard InChI is InChI=1S/C27H44O4.C3H8.C2H6.C2H4/c1-19(22(28)24(2,3)4)17-18-30-27(10,11)26(8,9)23(29)21(31-25(5,6)7)20-15-13-12-14-16-20;1-3-2;2*1-2/h12-16,19,21H,17-18H2,1-11H3;3H2,1-2H3;1-2H3;1-2H2. The van der Waals surface area contributed by atoms with Crippen molar-refractivity contribution in [3.8, 4) is 0 Å². The Bertz CT molecular complexity index is 764. The summed E-state index contributed by atoms with van der Waals surface area (Å²) in [6, 6.07) is 9.63. The van der Waals surface area contributed by atoms with Crippen LogP contribution in [0.15, 0.2) is 43.5 Å². The number of carbonyl (C=O) groups is 2. The molecule has 0 radical (unpaired) electrons. The lowest BCUT2D eigenvalue weighted by Gasteiger charge is -2.43. The molecule has 0 heterocycles. The van der Waals surface area contributed by atoms with Gasteiger partial charge in [0.05, 0.1) is 16.6 Å². The van der Waals surface area contributed by atoms with Crippen LogP contribution in [0.5, 0.6) is 0 Å². The molecule has 1 aromatic carbocycles. The van der Waals surface area contributed by atoms with Gasteiger partial charge in [0.1, 0.15) is 11.9 Å². The number of ether oxygens (including phenoxy) is 2. The minimum Gasteiger partial charge on any atom is -0.375 e. The molecule has 0 aromatic heterocycles. The Morgan fingerprint density at radius 1 is 0.816 bits per heavy atom. The third kappa shape index (κ3) is 14.4. The fourth-order valence-electron chi connectivity index (χ4n) is 3.42. The first-order chi connectivity index (χ1) is 17.3. The summed E-state index contributed by atoms with van der Waals surface area (Å²) in [6.07, 6.45) is 1.20. The largest absolute Gasteiger partial charge is 0.375 e.